The molecular weight excluding hydrogens is 392 g/mol. The number of halogens is 1. The van der Waals surface area contributed by atoms with Crippen molar-refractivity contribution < 1.29 is 17.9 Å². The summed E-state index contributed by atoms with van der Waals surface area (Å²) in [7, 11) is -1.01. The Morgan fingerprint density at radius 3 is 2.59 bits per heavy atom. The topological polar surface area (TPSA) is 77.0 Å². The molecule has 0 amide bonds. The van der Waals surface area contributed by atoms with Crippen LogP contribution >= 0.6 is 27.3 Å². The fourth-order valence-electron chi connectivity index (χ4n) is 1.60. The number of nitrogens with one attached hydrogen (secondary N) is 1. The van der Waals surface area contributed by atoms with Gasteiger partial charge in [-0.15, -0.1) is 11.3 Å². The molecular formula is C13H13BrN2O4S2. The molecule has 0 saturated heterocycles. The van der Waals surface area contributed by atoms with Gasteiger partial charge in [-0.2, -0.15) is 18.4 Å². The summed E-state index contributed by atoms with van der Waals surface area (Å²) >= 11 is 4.76. The van der Waals surface area contributed by atoms with Crippen LogP contribution in [0.15, 0.2) is 44.1 Å². The zero-order valence-corrected chi connectivity index (χ0v) is 15.0. The molecule has 0 saturated carbocycles. The molecule has 1 aromatic heterocycles. The number of rotatable bonds is 6. The van der Waals surface area contributed by atoms with Crippen molar-refractivity contribution in [1.29, 1.82) is 0 Å². The van der Waals surface area contributed by atoms with Crippen LogP contribution in [-0.2, 0) is 10.0 Å². The van der Waals surface area contributed by atoms with Crippen LogP contribution in [0.25, 0.3) is 0 Å². The molecule has 0 fully saturated rings. The normalized spacial score (nSPS) is 11.6. The number of methoxy groups -OCH3 is 2. The van der Waals surface area contributed by atoms with E-state index in [-0.39, 0.29) is 10.6 Å². The van der Waals surface area contributed by atoms with Crippen molar-refractivity contribution >= 4 is 43.5 Å². The number of hydrogen-bond acceptors (Lipinski definition) is 6. The maximum Gasteiger partial charge on any atom is 0.280 e. The highest BCUT2D eigenvalue weighted by atomic mass is 79.9. The minimum Gasteiger partial charge on any atom is -0.497 e. The van der Waals surface area contributed by atoms with E-state index in [1.165, 1.54) is 43.9 Å². The predicted octanol–water partition coefficient (Wildman–Crippen LogP) is 2.84. The van der Waals surface area contributed by atoms with Crippen LogP contribution in [0.2, 0.25) is 0 Å². The van der Waals surface area contributed by atoms with Gasteiger partial charge < -0.3 is 9.47 Å². The molecule has 1 heterocycles. The molecule has 1 aromatic carbocycles. The quantitative estimate of drug-likeness (QED) is 0.592. The van der Waals surface area contributed by atoms with Crippen LogP contribution in [0.5, 0.6) is 11.5 Å². The van der Waals surface area contributed by atoms with Gasteiger partial charge in [0.25, 0.3) is 10.0 Å². The number of thiophene rings is 1. The van der Waals surface area contributed by atoms with Gasteiger partial charge in [0, 0.05) is 10.9 Å². The van der Waals surface area contributed by atoms with Crippen LogP contribution < -0.4 is 14.3 Å². The van der Waals surface area contributed by atoms with E-state index in [1.807, 2.05) is 12.1 Å². The Morgan fingerprint density at radius 1 is 1.23 bits per heavy atom. The highest BCUT2D eigenvalue weighted by Gasteiger charge is 2.19. The van der Waals surface area contributed by atoms with Crippen LogP contribution in [0.4, 0.5) is 0 Å². The van der Waals surface area contributed by atoms with E-state index < -0.39 is 10.0 Å². The Kier molecular flexibility index (Phi) is 5.43. The highest BCUT2D eigenvalue weighted by Crippen LogP contribution is 2.28. The second kappa shape index (κ2) is 7.12. The predicted molar refractivity (Wildman–Crippen MR) is 89.5 cm³/mol. The Morgan fingerprint density at radius 2 is 2.00 bits per heavy atom. The van der Waals surface area contributed by atoms with Gasteiger partial charge in [0.15, 0.2) is 0 Å². The van der Waals surface area contributed by atoms with Gasteiger partial charge in [-0.3, -0.25) is 0 Å². The van der Waals surface area contributed by atoms with Crippen molar-refractivity contribution in [2.24, 2.45) is 5.10 Å². The summed E-state index contributed by atoms with van der Waals surface area (Å²) in [6.07, 6.45) is 1.43. The molecule has 0 radical (unpaired) electrons. The second-order valence-corrected chi connectivity index (χ2v) is 8.14. The maximum atomic E-state index is 12.3. The van der Waals surface area contributed by atoms with Crippen LogP contribution in [0, 0.1) is 0 Å². The Labute approximate surface area is 140 Å². The van der Waals surface area contributed by atoms with E-state index in [1.54, 1.807) is 6.07 Å². The van der Waals surface area contributed by atoms with Crippen molar-refractivity contribution in [2.75, 3.05) is 14.2 Å². The SMILES string of the molecule is COc1ccc(OC)c(S(=O)(=O)N/N=C/c2ccc(Br)s2)c1. The van der Waals surface area contributed by atoms with Gasteiger partial charge in [-0.25, -0.2) is 0 Å². The number of sulfonamides is 1. The summed E-state index contributed by atoms with van der Waals surface area (Å²) in [5, 5.41) is 3.76. The minimum absolute atomic E-state index is 0.0427. The van der Waals surface area contributed by atoms with Crippen LogP contribution in [0.3, 0.4) is 0 Å². The Balaban J connectivity index is 2.24. The van der Waals surface area contributed by atoms with Crippen molar-refractivity contribution in [3.8, 4) is 11.5 Å². The molecule has 0 atom stereocenters. The first-order valence-electron chi connectivity index (χ1n) is 5.98. The van der Waals surface area contributed by atoms with Gasteiger partial charge in [0.05, 0.1) is 24.2 Å². The van der Waals surface area contributed by atoms with E-state index in [0.717, 1.165) is 8.66 Å². The fourth-order valence-corrected chi connectivity index (χ4v) is 3.87. The minimum atomic E-state index is -3.86. The molecule has 2 aromatic rings. The van der Waals surface area contributed by atoms with Gasteiger partial charge in [0.1, 0.15) is 16.4 Å². The van der Waals surface area contributed by atoms with Crippen LogP contribution in [0.1, 0.15) is 4.88 Å². The third-order valence-corrected chi connectivity index (χ3v) is 5.42. The third kappa shape index (κ3) is 3.99. The summed E-state index contributed by atoms with van der Waals surface area (Å²) in [6, 6.07) is 8.18. The van der Waals surface area contributed by atoms with Crippen LogP contribution in [-0.4, -0.2) is 28.9 Å². The van der Waals surface area contributed by atoms with Gasteiger partial charge >= 0.3 is 0 Å². The standard InChI is InChI=1S/C13H13BrN2O4S2/c1-19-9-3-5-11(20-2)12(7-9)22(17,18)16-15-8-10-4-6-13(14)21-10/h3-8,16H,1-2H3/b15-8+. The maximum absolute atomic E-state index is 12.3. The Hall–Kier alpha value is -1.58. The molecule has 0 unspecified atom stereocenters. The van der Waals surface area contributed by atoms with Crippen molar-refractivity contribution in [2.45, 2.75) is 4.90 Å². The molecule has 1 N–H and O–H groups in total. The molecule has 0 bridgehead atoms. The lowest BCUT2D eigenvalue weighted by Gasteiger charge is -2.10. The van der Waals surface area contributed by atoms with E-state index in [2.05, 4.69) is 25.9 Å². The number of benzene rings is 1. The van der Waals surface area contributed by atoms with Gasteiger partial charge in [-0.1, -0.05) is 0 Å². The summed E-state index contributed by atoms with van der Waals surface area (Å²) in [5.74, 6) is 0.620. The molecule has 0 aliphatic rings. The molecule has 9 heteroatoms. The monoisotopic (exact) mass is 404 g/mol. The Bertz CT molecular complexity index is 787. The third-order valence-electron chi connectivity index (χ3n) is 2.62. The van der Waals surface area contributed by atoms with Crippen molar-refractivity contribution in [3.05, 3.63) is 39.0 Å². The highest BCUT2D eigenvalue weighted by molar-refractivity contribution is 9.11. The van der Waals surface area contributed by atoms with Gasteiger partial charge in [-0.05, 0) is 40.2 Å². The largest absolute Gasteiger partial charge is 0.497 e. The smallest absolute Gasteiger partial charge is 0.280 e. The summed E-state index contributed by atoms with van der Waals surface area (Å²) in [4.78, 5) is 2.93. The average molecular weight is 405 g/mol. The average Bonchev–Trinajstić information content (AvgIpc) is 2.91. The lowest BCUT2D eigenvalue weighted by Crippen LogP contribution is -2.19. The first-order chi connectivity index (χ1) is 10.5. The first kappa shape index (κ1) is 16.8. The van der Waals surface area contributed by atoms with Crippen molar-refractivity contribution in [1.82, 2.24) is 4.83 Å². The molecule has 118 valence electrons. The number of hydrazone groups is 1. The summed E-state index contributed by atoms with van der Waals surface area (Å²) < 4.78 is 35.7. The molecule has 0 spiro atoms. The summed E-state index contributed by atoms with van der Waals surface area (Å²) in [5.41, 5.74) is 0. The van der Waals surface area contributed by atoms with E-state index in [9.17, 15) is 8.42 Å². The first-order valence-corrected chi connectivity index (χ1v) is 9.08. The number of hydrogen-bond donors (Lipinski definition) is 1. The van der Waals surface area contributed by atoms with Gasteiger partial charge in [0.2, 0.25) is 0 Å². The lowest BCUT2D eigenvalue weighted by molar-refractivity contribution is 0.392. The molecule has 2 rings (SSSR count). The fraction of sp³-hybridized carbons (Fsp3) is 0.154. The zero-order valence-electron chi connectivity index (χ0n) is 11.7. The van der Waals surface area contributed by atoms with E-state index in [4.69, 9.17) is 9.47 Å². The lowest BCUT2D eigenvalue weighted by atomic mass is 10.3. The summed E-state index contributed by atoms with van der Waals surface area (Å²) in [6.45, 7) is 0. The number of ether oxygens (including phenoxy) is 2. The molecule has 22 heavy (non-hydrogen) atoms. The number of nitrogens with zero attached hydrogens (tertiary/aromatic N) is 1. The zero-order chi connectivity index (χ0) is 16.2. The molecule has 0 aliphatic carbocycles. The molecule has 6 nitrogen and oxygen atoms in total. The van der Waals surface area contributed by atoms with E-state index in [0.29, 0.717) is 5.75 Å². The second-order valence-electron chi connectivity index (χ2n) is 4.01. The van der Waals surface area contributed by atoms with E-state index >= 15 is 0 Å². The molecule has 0 aliphatic heterocycles. The van der Waals surface area contributed by atoms with Crippen molar-refractivity contribution in [3.63, 3.8) is 0 Å².